The highest BCUT2D eigenvalue weighted by molar-refractivity contribution is 7.89. The predicted molar refractivity (Wildman–Crippen MR) is 111 cm³/mol. The van der Waals surface area contributed by atoms with Gasteiger partial charge in [0.1, 0.15) is 0 Å². The van der Waals surface area contributed by atoms with Gasteiger partial charge >= 0.3 is 5.97 Å². The van der Waals surface area contributed by atoms with Crippen LogP contribution in [0.1, 0.15) is 36.7 Å². The zero-order chi connectivity index (χ0) is 21.8. The van der Waals surface area contributed by atoms with Crippen LogP contribution in [0.3, 0.4) is 0 Å². The summed E-state index contributed by atoms with van der Waals surface area (Å²) in [6.07, 6.45) is 0. The molecule has 0 spiro atoms. The number of nitrogens with one attached hydrogen (secondary N) is 1. The molecule has 0 fully saturated rings. The number of hydrogen-bond donors (Lipinski definition) is 1. The summed E-state index contributed by atoms with van der Waals surface area (Å²) in [5.74, 6) is -1.18. The lowest BCUT2D eigenvalue weighted by Crippen LogP contribution is -2.22. The number of benzene rings is 2. The van der Waals surface area contributed by atoms with Crippen molar-refractivity contribution in [1.29, 1.82) is 0 Å². The number of sulfonamides is 1. The first-order valence-electron chi connectivity index (χ1n) is 9.01. The van der Waals surface area contributed by atoms with Crippen LogP contribution in [0.15, 0.2) is 53.4 Å². The lowest BCUT2D eigenvalue weighted by Gasteiger charge is -2.19. The van der Waals surface area contributed by atoms with Crippen LogP contribution < -0.4 is 5.32 Å². The SMILES string of the molecule is CN(C)S(=O)(=O)c1ccc(C(=O)OCC(=O)Nc2ccc(C(C)(C)C)cc2)cc1. The number of hydrogen-bond acceptors (Lipinski definition) is 5. The van der Waals surface area contributed by atoms with Crippen molar-refractivity contribution in [3.05, 3.63) is 59.7 Å². The minimum atomic E-state index is -3.58. The van der Waals surface area contributed by atoms with E-state index in [0.717, 1.165) is 9.87 Å². The summed E-state index contributed by atoms with van der Waals surface area (Å²) in [4.78, 5) is 24.2. The van der Waals surface area contributed by atoms with E-state index in [4.69, 9.17) is 4.74 Å². The third kappa shape index (κ3) is 5.88. The normalized spacial score (nSPS) is 11.9. The first-order valence-corrected chi connectivity index (χ1v) is 10.5. The van der Waals surface area contributed by atoms with E-state index < -0.39 is 28.5 Å². The second-order valence-corrected chi connectivity index (χ2v) is 9.92. The Morgan fingerprint density at radius 3 is 2.00 bits per heavy atom. The summed E-state index contributed by atoms with van der Waals surface area (Å²) >= 11 is 0. The Morgan fingerprint density at radius 2 is 1.52 bits per heavy atom. The molecule has 0 aliphatic heterocycles. The Bertz CT molecular complexity index is 973. The minimum absolute atomic E-state index is 0.0134. The molecule has 0 atom stereocenters. The van der Waals surface area contributed by atoms with Gasteiger partial charge in [-0.15, -0.1) is 0 Å². The Morgan fingerprint density at radius 1 is 0.966 bits per heavy atom. The Kier molecular flexibility index (Phi) is 6.81. The van der Waals surface area contributed by atoms with E-state index in [9.17, 15) is 18.0 Å². The second kappa shape index (κ2) is 8.75. The van der Waals surface area contributed by atoms with Crippen LogP contribution in [0.25, 0.3) is 0 Å². The number of esters is 1. The van der Waals surface area contributed by atoms with E-state index in [0.29, 0.717) is 5.69 Å². The molecule has 0 aromatic heterocycles. The first-order chi connectivity index (χ1) is 13.4. The molecular weight excluding hydrogens is 392 g/mol. The van der Waals surface area contributed by atoms with Crippen LogP contribution in [0, 0.1) is 0 Å². The van der Waals surface area contributed by atoms with Crippen molar-refractivity contribution in [2.24, 2.45) is 0 Å². The predicted octanol–water partition coefficient (Wildman–Crippen LogP) is 3.03. The van der Waals surface area contributed by atoms with Gasteiger partial charge < -0.3 is 10.1 Å². The van der Waals surface area contributed by atoms with E-state index >= 15 is 0 Å². The standard InChI is InChI=1S/C21H26N2O5S/c1-21(2,3)16-8-10-17(11-9-16)22-19(24)14-28-20(25)15-6-12-18(13-7-15)29(26,27)23(4)5/h6-13H,14H2,1-5H3,(H,22,24). The van der Waals surface area contributed by atoms with Gasteiger partial charge in [0.15, 0.2) is 6.61 Å². The summed E-state index contributed by atoms with van der Waals surface area (Å²) in [6.45, 7) is 5.85. The average Bonchev–Trinajstić information content (AvgIpc) is 2.65. The fourth-order valence-corrected chi connectivity index (χ4v) is 3.34. The number of amides is 1. The molecule has 1 amide bonds. The third-order valence-corrected chi connectivity index (χ3v) is 6.07. The summed E-state index contributed by atoms with van der Waals surface area (Å²) in [5, 5.41) is 2.67. The van der Waals surface area contributed by atoms with Gasteiger partial charge in [0, 0.05) is 19.8 Å². The zero-order valence-electron chi connectivity index (χ0n) is 17.2. The molecule has 2 aromatic carbocycles. The number of carbonyl (C=O) groups excluding carboxylic acids is 2. The van der Waals surface area contributed by atoms with Crippen molar-refractivity contribution in [1.82, 2.24) is 4.31 Å². The summed E-state index contributed by atoms with van der Waals surface area (Å²) in [6, 6.07) is 12.8. The van der Waals surface area contributed by atoms with Gasteiger partial charge in [-0.3, -0.25) is 4.79 Å². The van der Waals surface area contributed by atoms with Gasteiger partial charge in [0.2, 0.25) is 10.0 Å². The van der Waals surface area contributed by atoms with Gasteiger partial charge in [0.25, 0.3) is 5.91 Å². The maximum Gasteiger partial charge on any atom is 0.338 e. The van der Waals surface area contributed by atoms with Crippen molar-refractivity contribution in [3.8, 4) is 0 Å². The van der Waals surface area contributed by atoms with E-state index in [1.165, 1.54) is 38.4 Å². The first kappa shape index (κ1) is 22.6. The molecule has 0 heterocycles. The Labute approximate surface area is 171 Å². The minimum Gasteiger partial charge on any atom is -0.452 e. The van der Waals surface area contributed by atoms with E-state index in [2.05, 4.69) is 26.1 Å². The quantitative estimate of drug-likeness (QED) is 0.728. The number of anilines is 1. The lowest BCUT2D eigenvalue weighted by atomic mass is 9.87. The molecule has 8 heteroatoms. The highest BCUT2D eigenvalue weighted by Gasteiger charge is 2.18. The second-order valence-electron chi connectivity index (χ2n) is 7.76. The van der Waals surface area contributed by atoms with Crippen LogP contribution >= 0.6 is 0 Å². The van der Waals surface area contributed by atoms with Crippen molar-refractivity contribution < 1.29 is 22.7 Å². The monoisotopic (exact) mass is 418 g/mol. The molecule has 0 aliphatic carbocycles. The summed E-state index contributed by atoms with van der Waals surface area (Å²) in [7, 11) is -0.728. The molecule has 2 aromatic rings. The molecule has 2 rings (SSSR count). The van der Waals surface area contributed by atoms with Gasteiger partial charge in [-0.25, -0.2) is 17.5 Å². The van der Waals surface area contributed by atoms with E-state index in [-0.39, 0.29) is 15.9 Å². The molecule has 29 heavy (non-hydrogen) atoms. The van der Waals surface area contributed by atoms with Crippen molar-refractivity contribution >= 4 is 27.6 Å². The fourth-order valence-electron chi connectivity index (χ4n) is 2.44. The highest BCUT2D eigenvalue weighted by Crippen LogP contribution is 2.23. The smallest absolute Gasteiger partial charge is 0.338 e. The molecule has 7 nitrogen and oxygen atoms in total. The number of carbonyl (C=O) groups is 2. The van der Waals surface area contributed by atoms with Gasteiger partial charge in [-0.1, -0.05) is 32.9 Å². The molecule has 0 radical (unpaired) electrons. The maximum atomic E-state index is 12.1. The van der Waals surface area contributed by atoms with Crippen LogP contribution in [-0.4, -0.2) is 45.3 Å². The molecule has 156 valence electrons. The largest absolute Gasteiger partial charge is 0.452 e. The molecule has 0 unspecified atom stereocenters. The molecular formula is C21H26N2O5S. The molecule has 0 saturated heterocycles. The molecule has 0 saturated carbocycles. The van der Waals surface area contributed by atoms with E-state index in [1.807, 2.05) is 12.1 Å². The topological polar surface area (TPSA) is 92.8 Å². The van der Waals surface area contributed by atoms with Crippen molar-refractivity contribution in [2.75, 3.05) is 26.0 Å². The summed E-state index contributed by atoms with van der Waals surface area (Å²) in [5.41, 5.74) is 1.92. The number of rotatable bonds is 6. The van der Waals surface area contributed by atoms with Crippen molar-refractivity contribution in [2.45, 2.75) is 31.1 Å². The van der Waals surface area contributed by atoms with Gasteiger partial charge in [-0.05, 0) is 47.4 Å². The van der Waals surface area contributed by atoms with Gasteiger partial charge in [-0.2, -0.15) is 0 Å². The van der Waals surface area contributed by atoms with E-state index in [1.54, 1.807) is 12.1 Å². The molecule has 0 aliphatic rings. The Balaban J connectivity index is 1.92. The Hall–Kier alpha value is -2.71. The molecule has 1 N–H and O–H groups in total. The molecule has 0 bridgehead atoms. The van der Waals surface area contributed by atoms with Crippen LogP contribution in [-0.2, 0) is 25.0 Å². The number of ether oxygens (including phenoxy) is 1. The number of nitrogens with zero attached hydrogens (tertiary/aromatic N) is 1. The third-order valence-electron chi connectivity index (χ3n) is 4.24. The van der Waals surface area contributed by atoms with Crippen LogP contribution in [0.4, 0.5) is 5.69 Å². The van der Waals surface area contributed by atoms with Crippen LogP contribution in [0.5, 0.6) is 0 Å². The van der Waals surface area contributed by atoms with Crippen molar-refractivity contribution in [3.63, 3.8) is 0 Å². The average molecular weight is 419 g/mol. The summed E-state index contributed by atoms with van der Waals surface area (Å²) < 4.78 is 30.2. The van der Waals surface area contributed by atoms with Crippen LogP contribution in [0.2, 0.25) is 0 Å². The zero-order valence-corrected chi connectivity index (χ0v) is 18.0. The highest BCUT2D eigenvalue weighted by atomic mass is 32.2. The fraction of sp³-hybridized carbons (Fsp3) is 0.333. The van der Waals surface area contributed by atoms with Gasteiger partial charge in [0.05, 0.1) is 10.5 Å². The maximum absolute atomic E-state index is 12.1. The lowest BCUT2D eigenvalue weighted by molar-refractivity contribution is -0.119.